The summed E-state index contributed by atoms with van der Waals surface area (Å²) < 4.78 is 48.7. The van der Waals surface area contributed by atoms with Crippen molar-refractivity contribution >= 4 is 12.2 Å². The van der Waals surface area contributed by atoms with Gasteiger partial charge < -0.3 is 9.15 Å². The van der Waals surface area contributed by atoms with Crippen LogP contribution in [0.1, 0.15) is 36.1 Å². The van der Waals surface area contributed by atoms with Crippen molar-refractivity contribution in [3.63, 3.8) is 0 Å². The first-order valence-corrected chi connectivity index (χ1v) is 8.16. The molecule has 2 aromatic rings. The highest BCUT2D eigenvalue weighted by Gasteiger charge is 2.29. The maximum absolute atomic E-state index is 12.5. The number of hydrogen-bond donors (Lipinski definition) is 0. The number of rotatable bonds is 5. The third-order valence-corrected chi connectivity index (χ3v) is 3.92. The van der Waals surface area contributed by atoms with Crippen molar-refractivity contribution in [3.05, 3.63) is 77.0 Å². The third-order valence-electron chi connectivity index (χ3n) is 3.92. The average molecular weight is 361 g/mol. The maximum Gasteiger partial charge on any atom is 0.416 e. The highest BCUT2D eigenvalue weighted by atomic mass is 19.4. The number of halogens is 3. The zero-order valence-corrected chi connectivity index (χ0v) is 14.2. The first-order valence-electron chi connectivity index (χ1n) is 8.16. The topological polar surface area (TPSA) is 35.3 Å². The van der Waals surface area contributed by atoms with Gasteiger partial charge in [0, 0.05) is 6.08 Å². The summed E-state index contributed by atoms with van der Waals surface area (Å²) in [6.45, 7) is 2.37. The zero-order chi connectivity index (χ0) is 18.6. The highest BCUT2D eigenvalue weighted by Crippen LogP contribution is 2.29. The monoisotopic (exact) mass is 361 g/mol. The molecule has 0 amide bonds. The molecular weight excluding hydrogens is 343 g/mol. The quantitative estimate of drug-likeness (QED) is 0.690. The van der Waals surface area contributed by atoms with E-state index in [0.717, 1.165) is 18.6 Å². The van der Waals surface area contributed by atoms with E-state index in [1.54, 1.807) is 12.2 Å². The number of alkyl halides is 3. The van der Waals surface area contributed by atoms with E-state index in [1.807, 2.05) is 19.1 Å². The second-order valence-electron chi connectivity index (χ2n) is 6.02. The Bertz CT molecular complexity index is 829. The van der Waals surface area contributed by atoms with Crippen molar-refractivity contribution < 1.29 is 22.3 Å². The number of nitrogens with zero attached hydrogens (tertiary/aromatic N) is 1. The standard InChI is InChI=1S/C20H18F3NO2/c1-14-2-9-18(10-3-14)25-12-17-13-26-19(24-17)11-6-15-4-7-16(8-5-15)20(21,22)23/h2-9,11,13,18H,10,12H2,1H3/b11-6+. The fourth-order valence-electron chi connectivity index (χ4n) is 2.44. The van der Waals surface area contributed by atoms with Crippen LogP contribution in [0.25, 0.3) is 12.2 Å². The molecule has 26 heavy (non-hydrogen) atoms. The predicted octanol–water partition coefficient (Wildman–Crippen LogP) is 5.66. The summed E-state index contributed by atoms with van der Waals surface area (Å²) in [5.74, 6) is 0.374. The molecule has 0 bridgehead atoms. The van der Waals surface area contributed by atoms with E-state index in [0.29, 0.717) is 23.8 Å². The molecular formula is C20H18F3NO2. The summed E-state index contributed by atoms with van der Waals surface area (Å²) >= 11 is 0. The van der Waals surface area contributed by atoms with Crippen molar-refractivity contribution in [1.29, 1.82) is 0 Å². The lowest BCUT2D eigenvalue weighted by Gasteiger charge is -2.14. The van der Waals surface area contributed by atoms with Gasteiger partial charge in [-0.3, -0.25) is 0 Å². The Labute approximate surface area is 149 Å². The summed E-state index contributed by atoms with van der Waals surface area (Å²) in [5.41, 5.74) is 1.84. The molecule has 1 aromatic heterocycles. The second kappa shape index (κ2) is 7.74. The second-order valence-corrected chi connectivity index (χ2v) is 6.02. The summed E-state index contributed by atoms with van der Waals surface area (Å²) in [6, 6.07) is 4.89. The molecule has 0 saturated carbocycles. The van der Waals surface area contributed by atoms with Crippen LogP contribution in [0.3, 0.4) is 0 Å². The normalized spacial score (nSPS) is 17.7. The van der Waals surface area contributed by atoms with Gasteiger partial charge in [0.2, 0.25) is 5.89 Å². The van der Waals surface area contributed by atoms with E-state index in [4.69, 9.17) is 9.15 Å². The number of oxazole rings is 1. The minimum atomic E-state index is -4.33. The van der Waals surface area contributed by atoms with Gasteiger partial charge in [-0.1, -0.05) is 35.9 Å². The Morgan fingerprint density at radius 3 is 2.65 bits per heavy atom. The molecule has 1 unspecified atom stereocenters. The third kappa shape index (κ3) is 4.95. The van der Waals surface area contributed by atoms with Gasteiger partial charge in [0.15, 0.2) is 0 Å². The number of ether oxygens (including phenoxy) is 1. The van der Waals surface area contributed by atoms with E-state index in [-0.39, 0.29) is 6.10 Å². The summed E-state index contributed by atoms with van der Waals surface area (Å²) in [4.78, 5) is 4.28. The van der Waals surface area contributed by atoms with E-state index >= 15 is 0 Å². The minimum absolute atomic E-state index is 0.0292. The van der Waals surface area contributed by atoms with Gasteiger partial charge in [-0.2, -0.15) is 13.2 Å². The summed E-state index contributed by atoms with van der Waals surface area (Å²) in [6.07, 6.45) is 7.46. The number of aromatic nitrogens is 1. The lowest BCUT2D eigenvalue weighted by molar-refractivity contribution is -0.137. The van der Waals surface area contributed by atoms with Crippen LogP contribution in [0.15, 0.2) is 58.7 Å². The fourth-order valence-corrected chi connectivity index (χ4v) is 2.44. The van der Waals surface area contributed by atoms with Gasteiger partial charge in [0.25, 0.3) is 0 Å². The molecule has 136 valence electrons. The first-order chi connectivity index (χ1) is 12.4. The van der Waals surface area contributed by atoms with Crippen LogP contribution in [0.2, 0.25) is 0 Å². The van der Waals surface area contributed by atoms with Crippen molar-refractivity contribution in [2.24, 2.45) is 0 Å². The van der Waals surface area contributed by atoms with Gasteiger partial charge in [-0.05, 0) is 37.1 Å². The highest BCUT2D eigenvalue weighted by molar-refractivity contribution is 5.66. The van der Waals surface area contributed by atoms with Crippen LogP contribution in [0, 0.1) is 0 Å². The lowest BCUT2D eigenvalue weighted by Crippen LogP contribution is -2.11. The van der Waals surface area contributed by atoms with E-state index in [2.05, 4.69) is 11.1 Å². The van der Waals surface area contributed by atoms with Crippen LogP contribution in [-0.4, -0.2) is 11.1 Å². The molecule has 1 heterocycles. The number of allylic oxidation sites excluding steroid dienone is 2. The molecule has 1 atom stereocenters. The summed E-state index contributed by atoms with van der Waals surface area (Å²) in [5, 5.41) is 0. The summed E-state index contributed by atoms with van der Waals surface area (Å²) in [7, 11) is 0. The van der Waals surface area contributed by atoms with Gasteiger partial charge in [0.1, 0.15) is 12.0 Å². The molecule has 3 nitrogen and oxygen atoms in total. The first kappa shape index (κ1) is 18.2. The van der Waals surface area contributed by atoms with Gasteiger partial charge in [-0.15, -0.1) is 0 Å². The van der Waals surface area contributed by atoms with E-state index in [9.17, 15) is 13.2 Å². The van der Waals surface area contributed by atoms with Crippen LogP contribution in [0.4, 0.5) is 13.2 Å². The molecule has 1 aliphatic carbocycles. The van der Waals surface area contributed by atoms with Gasteiger partial charge in [0.05, 0.1) is 18.3 Å². The number of benzene rings is 1. The molecule has 1 aliphatic rings. The van der Waals surface area contributed by atoms with Crippen molar-refractivity contribution in [2.45, 2.75) is 32.2 Å². The zero-order valence-electron chi connectivity index (χ0n) is 14.2. The minimum Gasteiger partial charge on any atom is -0.445 e. The molecule has 0 radical (unpaired) electrons. The van der Waals surface area contributed by atoms with Crippen LogP contribution in [-0.2, 0) is 17.5 Å². The van der Waals surface area contributed by atoms with E-state index < -0.39 is 11.7 Å². The Balaban J connectivity index is 1.55. The maximum atomic E-state index is 12.5. The molecule has 3 rings (SSSR count). The predicted molar refractivity (Wildman–Crippen MR) is 93.0 cm³/mol. The average Bonchev–Trinajstić information content (AvgIpc) is 3.07. The Hall–Kier alpha value is -2.60. The van der Waals surface area contributed by atoms with Crippen LogP contribution < -0.4 is 0 Å². The Morgan fingerprint density at radius 1 is 1.23 bits per heavy atom. The Morgan fingerprint density at radius 2 is 2.00 bits per heavy atom. The van der Waals surface area contributed by atoms with E-state index in [1.165, 1.54) is 24.0 Å². The SMILES string of the molecule is CC1=CCC(OCc2coc(/C=C/c3ccc(C(F)(F)F)cc3)n2)C=C1. The lowest BCUT2D eigenvalue weighted by atomic mass is 10.1. The van der Waals surface area contributed by atoms with Gasteiger partial charge in [-0.25, -0.2) is 4.98 Å². The van der Waals surface area contributed by atoms with Crippen molar-refractivity contribution in [2.75, 3.05) is 0 Å². The fraction of sp³-hybridized carbons (Fsp3) is 0.250. The molecule has 0 fully saturated rings. The molecule has 0 saturated heterocycles. The van der Waals surface area contributed by atoms with Gasteiger partial charge >= 0.3 is 6.18 Å². The van der Waals surface area contributed by atoms with Crippen LogP contribution in [0.5, 0.6) is 0 Å². The molecule has 0 aliphatic heterocycles. The molecule has 0 spiro atoms. The Kier molecular flexibility index (Phi) is 5.42. The molecule has 0 N–H and O–H groups in total. The smallest absolute Gasteiger partial charge is 0.416 e. The van der Waals surface area contributed by atoms with Crippen LogP contribution >= 0.6 is 0 Å². The van der Waals surface area contributed by atoms with Crippen molar-refractivity contribution in [1.82, 2.24) is 4.98 Å². The number of hydrogen-bond acceptors (Lipinski definition) is 3. The molecule has 6 heteroatoms. The molecule has 1 aromatic carbocycles. The van der Waals surface area contributed by atoms with Crippen molar-refractivity contribution in [3.8, 4) is 0 Å². The largest absolute Gasteiger partial charge is 0.445 e.